The number of nitro groups is 1. The van der Waals surface area contributed by atoms with Gasteiger partial charge in [0.1, 0.15) is 16.9 Å². The summed E-state index contributed by atoms with van der Waals surface area (Å²) >= 11 is 5.69. The second kappa shape index (κ2) is 5.50. The second-order valence-corrected chi connectivity index (χ2v) is 4.65. The van der Waals surface area contributed by atoms with E-state index in [4.69, 9.17) is 11.6 Å². The lowest BCUT2D eigenvalue weighted by Crippen LogP contribution is -2.37. The maximum atomic E-state index is 12.3. The van der Waals surface area contributed by atoms with E-state index in [-0.39, 0.29) is 29.1 Å². The number of pyridine rings is 1. The molecule has 1 aliphatic heterocycles. The molecule has 1 aromatic rings. The van der Waals surface area contributed by atoms with Gasteiger partial charge in [-0.1, -0.05) is 11.6 Å². The first-order valence-electron chi connectivity index (χ1n) is 5.76. The summed E-state index contributed by atoms with van der Waals surface area (Å²) in [7, 11) is 0. The van der Waals surface area contributed by atoms with Crippen molar-refractivity contribution < 1.29 is 14.8 Å². The minimum atomic E-state index is -0.666. The summed E-state index contributed by atoms with van der Waals surface area (Å²) in [5.41, 5.74) is -0.469. The van der Waals surface area contributed by atoms with E-state index in [1.807, 2.05) is 0 Å². The number of carbonyl (C=O) groups is 1. The molecule has 0 saturated carbocycles. The molecule has 2 heterocycles. The topological polar surface area (TPSA) is 96.6 Å². The summed E-state index contributed by atoms with van der Waals surface area (Å²) in [5.74, 6) is -0.493. The van der Waals surface area contributed by atoms with Crippen LogP contribution in [0.25, 0.3) is 0 Å². The van der Waals surface area contributed by atoms with Gasteiger partial charge in [-0.25, -0.2) is 4.98 Å². The molecule has 1 aliphatic rings. The molecule has 1 atom stereocenters. The third kappa shape index (κ3) is 2.66. The molecule has 0 aromatic carbocycles. The van der Waals surface area contributed by atoms with Crippen LogP contribution in [0, 0.1) is 10.1 Å². The SMILES string of the molecule is O=C(c1cc(Cl)ncc1[N+](=O)[O-])N1CCC[C@@H]1CO. The van der Waals surface area contributed by atoms with E-state index < -0.39 is 10.8 Å². The van der Waals surface area contributed by atoms with Crippen molar-refractivity contribution in [2.24, 2.45) is 0 Å². The molecule has 0 spiro atoms. The lowest BCUT2D eigenvalue weighted by atomic mass is 10.2. The fourth-order valence-corrected chi connectivity index (χ4v) is 2.34. The molecule has 0 unspecified atom stereocenters. The number of carbonyl (C=O) groups excluding carboxylic acids is 1. The van der Waals surface area contributed by atoms with Gasteiger partial charge in [-0.3, -0.25) is 14.9 Å². The predicted octanol–water partition coefficient (Wildman–Crippen LogP) is 1.24. The highest BCUT2D eigenvalue weighted by Gasteiger charge is 2.32. The minimum Gasteiger partial charge on any atom is -0.394 e. The van der Waals surface area contributed by atoms with Crippen LogP contribution in [0.2, 0.25) is 5.15 Å². The molecule has 8 heteroatoms. The average molecular weight is 286 g/mol. The van der Waals surface area contributed by atoms with E-state index in [9.17, 15) is 20.0 Å². The Kier molecular flexibility index (Phi) is 3.96. The van der Waals surface area contributed by atoms with Gasteiger partial charge in [0, 0.05) is 6.54 Å². The molecule has 1 fully saturated rings. The lowest BCUT2D eigenvalue weighted by Gasteiger charge is -2.22. The van der Waals surface area contributed by atoms with E-state index in [1.165, 1.54) is 11.0 Å². The standard InChI is InChI=1S/C11H12ClN3O4/c12-10-4-8(9(5-13-10)15(18)19)11(17)14-3-1-2-7(14)6-16/h4-5,7,16H,1-3,6H2/t7-/m1/s1. The van der Waals surface area contributed by atoms with Crippen molar-refractivity contribution in [2.45, 2.75) is 18.9 Å². The number of hydrogen-bond acceptors (Lipinski definition) is 5. The van der Waals surface area contributed by atoms with Crippen LogP contribution in [0.3, 0.4) is 0 Å². The smallest absolute Gasteiger partial charge is 0.300 e. The summed E-state index contributed by atoms with van der Waals surface area (Å²) in [6.45, 7) is 0.319. The fourth-order valence-electron chi connectivity index (χ4n) is 2.19. The van der Waals surface area contributed by atoms with Crippen LogP contribution in [-0.2, 0) is 0 Å². The third-order valence-corrected chi connectivity index (χ3v) is 3.33. The van der Waals surface area contributed by atoms with Crippen LogP contribution >= 0.6 is 11.6 Å². The van der Waals surface area contributed by atoms with Crippen LogP contribution in [-0.4, -0.2) is 45.0 Å². The number of likely N-dealkylation sites (tertiary alicyclic amines) is 1. The van der Waals surface area contributed by atoms with E-state index in [0.29, 0.717) is 13.0 Å². The molecule has 0 radical (unpaired) electrons. The molecule has 0 aliphatic carbocycles. The maximum Gasteiger partial charge on any atom is 0.300 e. The van der Waals surface area contributed by atoms with Crippen molar-refractivity contribution >= 4 is 23.2 Å². The molecule has 1 N–H and O–H groups in total. The molecule has 19 heavy (non-hydrogen) atoms. The van der Waals surface area contributed by atoms with Crippen molar-refractivity contribution in [1.29, 1.82) is 0 Å². The van der Waals surface area contributed by atoms with Gasteiger partial charge in [-0.05, 0) is 18.9 Å². The predicted molar refractivity (Wildman–Crippen MR) is 67.0 cm³/mol. The lowest BCUT2D eigenvalue weighted by molar-refractivity contribution is -0.385. The Balaban J connectivity index is 2.37. The largest absolute Gasteiger partial charge is 0.394 e. The highest BCUT2D eigenvalue weighted by molar-refractivity contribution is 6.29. The molecule has 0 bridgehead atoms. The van der Waals surface area contributed by atoms with Crippen LogP contribution in [0.1, 0.15) is 23.2 Å². The molecule has 2 rings (SSSR count). The Morgan fingerprint density at radius 3 is 3.05 bits per heavy atom. The van der Waals surface area contributed by atoms with Crippen LogP contribution in [0.4, 0.5) is 5.69 Å². The molecule has 1 saturated heterocycles. The van der Waals surface area contributed by atoms with Crippen molar-refractivity contribution in [3.8, 4) is 0 Å². The van der Waals surface area contributed by atoms with Gasteiger partial charge in [-0.2, -0.15) is 0 Å². The first-order valence-corrected chi connectivity index (χ1v) is 6.14. The zero-order valence-corrected chi connectivity index (χ0v) is 10.7. The highest BCUT2D eigenvalue weighted by atomic mass is 35.5. The molecular weight excluding hydrogens is 274 g/mol. The first kappa shape index (κ1) is 13.7. The molecule has 1 amide bonds. The minimum absolute atomic E-state index is 0.0219. The number of amides is 1. The van der Waals surface area contributed by atoms with Gasteiger partial charge in [0.25, 0.3) is 11.6 Å². The normalized spacial score (nSPS) is 18.6. The second-order valence-electron chi connectivity index (χ2n) is 4.26. The number of aromatic nitrogens is 1. The Hall–Kier alpha value is -1.73. The molecule has 1 aromatic heterocycles. The van der Waals surface area contributed by atoms with Crippen LogP contribution in [0.15, 0.2) is 12.3 Å². The summed E-state index contributed by atoms with van der Waals surface area (Å²) in [4.78, 5) is 27.6. The van der Waals surface area contributed by atoms with E-state index in [1.54, 1.807) is 0 Å². The zero-order chi connectivity index (χ0) is 14.0. The van der Waals surface area contributed by atoms with Crippen molar-refractivity contribution in [2.75, 3.05) is 13.2 Å². The average Bonchev–Trinajstić information content (AvgIpc) is 2.85. The van der Waals surface area contributed by atoms with E-state index in [0.717, 1.165) is 12.6 Å². The van der Waals surface area contributed by atoms with E-state index >= 15 is 0 Å². The molecule has 7 nitrogen and oxygen atoms in total. The van der Waals surface area contributed by atoms with E-state index in [2.05, 4.69) is 4.98 Å². The van der Waals surface area contributed by atoms with Crippen molar-refractivity contribution in [3.05, 3.63) is 33.1 Å². The first-order chi connectivity index (χ1) is 9.04. The Bertz CT molecular complexity index is 523. The van der Waals surface area contributed by atoms with Gasteiger partial charge < -0.3 is 10.0 Å². The number of rotatable bonds is 3. The highest BCUT2D eigenvalue weighted by Crippen LogP contribution is 2.26. The van der Waals surface area contributed by atoms with Crippen molar-refractivity contribution in [1.82, 2.24) is 9.88 Å². The Morgan fingerprint density at radius 2 is 2.42 bits per heavy atom. The fraction of sp³-hybridized carbons (Fsp3) is 0.455. The number of nitrogens with zero attached hydrogens (tertiary/aromatic N) is 3. The number of halogens is 1. The summed E-state index contributed by atoms with van der Waals surface area (Å²) in [5, 5.41) is 20.1. The number of aliphatic hydroxyl groups excluding tert-OH is 1. The molecule has 102 valence electrons. The summed E-state index contributed by atoms with van der Waals surface area (Å²) in [6, 6.07) is 0.897. The molecular formula is C11H12ClN3O4. The van der Waals surface area contributed by atoms with Crippen molar-refractivity contribution in [3.63, 3.8) is 0 Å². The van der Waals surface area contributed by atoms with Gasteiger partial charge in [0.15, 0.2) is 0 Å². The van der Waals surface area contributed by atoms with Crippen LogP contribution < -0.4 is 0 Å². The summed E-state index contributed by atoms with van der Waals surface area (Å²) in [6.07, 6.45) is 2.43. The number of aliphatic hydroxyl groups is 1. The third-order valence-electron chi connectivity index (χ3n) is 3.13. The van der Waals surface area contributed by atoms with Gasteiger partial charge in [0.05, 0.1) is 17.6 Å². The Morgan fingerprint density at radius 1 is 1.68 bits per heavy atom. The van der Waals surface area contributed by atoms with Crippen LogP contribution in [0.5, 0.6) is 0 Å². The Labute approximate surface area is 114 Å². The summed E-state index contributed by atoms with van der Waals surface area (Å²) < 4.78 is 0. The van der Waals surface area contributed by atoms with Gasteiger partial charge in [0.2, 0.25) is 0 Å². The van der Waals surface area contributed by atoms with Gasteiger partial charge >= 0.3 is 0 Å². The monoisotopic (exact) mass is 285 g/mol. The zero-order valence-electron chi connectivity index (χ0n) is 9.95. The maximum absolute atomic E-state index is 12.3. The quantitative estimate of drug-likeness (QED) is 0.512. The van der Waals surface area contributed by atoms with Gasteiger partial charge in [-0.15, -0.1) is 0 Å². The number of hydrogen-bond donors (Lipinski definition) is 1.